The highest BCUT2D eigenvalue weighted by Gasteiger charge is 2.38. The van der Waals surface area contributed by atoms with Gasteiger partial charge in [0.05, 0.1) is 25.0 Å². The molecule has 0 aliphatic rings. The summed E-state index contributed by atoms with van der Waals surface area (Å²) in [6.07, 6.45) is 2.32. The molecule has 25 heavy (non-hydrogen) atoms. The molecular weight excluding hydrogens is 316 g/mol. The smallest absolute Gasteiger partial charge is 0.310 e. The van der Waals surface area contributed by atoms with Crippen LogP contribution in [0.5, 0.6) is 0 Å². The molecule has 0 spiro atoms. The third kappa shape index (κ3) is 10.5. The summed E-state index contributed by atoms with van der Waals surface area (Å²) >= 11 is 0. The van der Waals surface area contributed by atoms with Crippen molar-refractivity contribution in [3.63, 3.8) is 0 Å². The van der Waals surface area contributed by atoms with Gasteiger partial charge >= 0.3 is 11.9 Å². The van der Waals surface area contributed by atoms with Crippen LogP contribution in [-0.2, 0) is 19.1 Å². The molecule has 2 atom stereocenters. The number of carbonyl (C=O) groups excluding carboxylic acids is 2. The molecule has 0 heterocycles. The van der Waals surface area contributed by atoms with E-state index in [4.69, 9.17) is 9.47 Å². The zero-order valence-corrected chi connectivity index (χ0v) is 17.6. The number of rotatable bonds is 12. The predicted molar refractivity (Wildman–Crippen MR) is 102 cm³/mol. The van der Waals surface area contributed by atoms with Crippen LogP contribution in [-0.4, -0.2) is 25.2 Å². The topological polar surface area (TPSA) is 52.6 Å². The Bertz CT molecular complexity index is 385. The first-order chi connectivity index (χ1) is 11.6. The standard InChI is InChI=1S/C21H40O4/c1-14(2)9-11-24-20(22)18(13-16(5)6)19(17(7)8)21(23)25-12-10-15(3)4/h14-19H,9-13H2,1-8H3. The second-order valence-electron chi connectivity index (χ2n) is 8.71. The van der Waals surface area contributed by atoms with Gasteiger partial charge < -0.3 is 9.47 Å². The van der Waals surface area contributed by atoms with Gasteiger partial charge in [0, 0.05) is 0 Å². The SMILES string of the molecule is CC(C)CCOC(=O)C(CC(C)C)C(C(=O)OCCC(C)C)C(C)C. The highest BCUT2D eigenvalue weighted by atomic mass is 16.5. The van der Waals surface area contributed by atoms with E-state index < -0.39 is 11.8 Å². The number of esters is 2. The van der Waals surface area contributed by atoms with E-state index in [1.807, 2.05) is 13.8 Å². The minimum Gasteiger partial charge on any atom is -0.465 e. The maximum Gasteiger partial charge on any atom is 0.310 e. The van der Waals surface area contributed by atoms with Gasteiger partial charge in [0.25, 0.3) is 0 Å². The number of ether oxygens (including phenoxy) is 2. The molecule has 0 fully saturated rings. The molecule has 0 aromatic rings. The van der Waals surface area contributed by atoms with E-state index in [9.17, 15) is 9.59 Å². The van der Waals surface area contributed by atoms with Crippen LogP contribution in [0.4, 0.5) is 0 Å². The van der Waals surface area contributed by atoms with Crippen molar-refractivity contribution in [2.24, 2.45) is 35.5 Å². The largest absolute Gasteiger partial charge is 0.465 e. The normalized spacial score (nSPS) is 14.2. The molecule has 0 amide bonds. The molecule has 0 N–H and O–H groups in total. The van der Waals surface area contributed by atoms with Crippen LogP contribution in [0.15, 0.2) is 0 Å². The molecule has 0 bridgehead atoms. The predicted octanol–water partition coefficient (Wildman–Crippen LogP) is 5.10. The maximum atomic E-state index is 12.7. The number of hydrogen-bond acceptors (Lipinski definition) is 4. The molecule has 0 rings (SSSR count). The third-order valence-corrected chi connectivity index (χ3v) is 4.33. The molecule has 0 saturated carbocycles. The Kier molecular flexibility index (Phi) is 11.8. The van der Waals surface area contributed by atoms with Crippen molar-refractivity contribution in [1.82, 2.24) is 0 Å². The summed E-state index contributed by atoms with van der Waals surface area (Å²) < 4.78 is 11.0. The lowest BCUT2D eigenvalue weighted by Gasteiger charge is -2.28. The van der Waals surface area contributed by atoms with Crippen LogP contribution >= 0.6 is 0 Å². The Hall–Kier alpha value is -1.06. The highest BCUT2D eigenvalue weighted by Crippen LogP contribution is 2.30. The second kappa shape index (κ2) is 12.3. The van der Waals surface area contributed by atoms with E-state index in [0.29, 0.717) is 37.4 Å². The van der Waals surface area contributed by atoms with Crippen LogP contribution in [0.3, 0.4) is 0 Å². The Morgan fingerprint density at radius 3 is 1.48 bits per heavy atom. The molecule has 148 valence electrons. The van der Waals surface area contributed by atoms with Crippen molar-refractivity contribution in [3.8, 4) is 0 Å². The van der Waals surface area contributed by atoms with Gasteiger partial charge in [0.2, 0.25) is 0 Å². The van der Waals surface area contributed by atoms with Crippen molar-refractivity contribution in [1.29, 1.82) is 0 Å². The Morgan fingerprint density at radius 1 is 0.680 bits per heavy atom. The maximum absolute atomic E-state index is 12.7. The third-order valence-electron chi connectivity index (χ3n) is 4.33. The monoisotopic (exact) mass is 356 g/mol. The second-order valence-corrected chi connectivity index (χ2v) is 8.71. The fourth-order valence-electron chi connectivity index (χ4n) is 2.79. The zero-order chi connectivity index (χ0) is 19.6. The lowest BCUT2D eigenvalue weighted by Crippen LogP contribution is -2.37. The van der Waals surface area contributed by atoms with Crippen molar-refractivity contribution >= 4 is 11.9 Å². The lowest BCUT2D eigenvalue weighted by molar-refractivity contribution is -0.164. The summed E-state index contributed by atoms with van der Waals surface area (Å²) in [4.78, 5) is 25.3. The summed E-state index contributed by atoms with van der Waals surface area (Å²) in [7, 11) is 0. The van der Waals surface area contributed by atoms with E-state index in [-0.39, 0.29) is 17.9 Å². The first-order valence-electron chi connectivity index (χ1n) is 9.89. The van der Waals surface area contributed by atoms with Crippen LogP contribution < -0.4 is 0 Å². The Balaban J connectivity index is 5.04. The Labute approximate surface area is 155 Å². The molecular formula is C21H40O4. The molecule has 0 radical (unpaired) electrons. The average molecular weight is 357 g/mol. The lowest BCUT2D eigenvalue weighted by atomic mass is 9.79. The summed E-state index contributed by atoms with van der Waals surface area (Å²) in [5.74, 6) is -0.0768. The van der Waals surface area contributed by atoms with Gasteiger partial charge in [-0.2, -0.15) is 0 Å². The van der Waals surface area contributed by atoms with Crippen LogP contribution in [0.25, 0.3) is 0 Å². The van der Waals surface area contributed by atoms with Gasteiger partial charge in [-0.25, -0.2) is 0 Å². The fraction of sp³-hybridized carbons (Fsp3) is 0.905. The first-order valence-corrected chi connectivity index (χ1v) is 9.89. The van der Waals surface area contributed by atoms with Gasteiger partial charge in [-0.05, 0) is 42.9 Å². The first kappa shape index (κ1) is 23.9. The van der Waals surface area contributed by atoms with E-state index in [1.165, 1.54) is 0 Å². The van der Waals surface area contributed by atoms with Crippen LogP contribution in [0, 0.1) is 35.5 Å². The highest BCUT2D eigenvalue weighted by molar-refractivity contribution is 5.82. The molecule has 0 aromatic carbocycles. The van der Waals surface area contributed by atoms with Crippen molar-refractivity contribution in [2.45, 2.75) is 74.7 Å². The molecule has 0 aliphatic heterocycles. The zero-order valence-electron chi connectivity index (χ0n) is 17.6. The van der Waals surface area contributed by atoms with Gasteiger partial charge in [-0.3, -0.25) is 9.59 Å². The van der Waals surface area contributed by atoms with E-state index in [1.54, 1.807) is 0 Å². The minimum atomic E-state index is -0.443. The average Bonchev–Trinajstić information content (AvgIpc) is 2.44. The van der Waals surface area contributed by atoms with Crippen molar-refractivity contribution in [3.05, 3.63) is 0 Å². The minimum absolute atomic E-state index is 0.0351. The van der Waals surface area contributed by atoms with Gasteiger partial charge in [-0.15, -0.1) is 0 Å². The van der Waals surface area contributed by atoms with Gasteiger partial charge in [-0.1, -0.05) is 55.4 Å². The van der Waals surface area contributed by atoms with E-state index in [2.05, 4.69) is 41.5 Å². The van der Waals surface area contributed by atoms with Crippen molar-refractivity contribution < 1.29 is 19.1 Å². The van der Waals surface area contributed by atoms with Crippen LogP contribution in [0.1, 0.15) is 74.7 Å². The molecule has 0 aliphatic carbocycles. The molecule has 0 saturated heterocycles. The summed E-state index contributed by atoms with van der Waals surface area (Å²) in [5, 5.41) is 0. The summed E-state index contributed by atoms with van der Waals surface area (Å²) in [5.41, 5.74) is 0. The van der Waals surface area contributed by atoms with E-state index in [0.717, 1.165) is 12.8 Å². The quantitative estimate of drug-likeness (QED) is 0.457. The van der Waals surface area contributed by atoms with Gasteiger partial charge in [0.1, 0.15) is 0 Å². The fourth-order valence-corrected chi connectivity index (χ4v) is 2.79. The van der Waals surface area contributed by atoms with Gasteiger partial charge in [0.15, 0.2) is 0 Å². The Morgan fingerprint density at radius 2 is 1.12 bits per heavy atom. The number of carbonyl (C=O) groups is 2. The molecule has 4 heteroatoms. The van der Waals surface area contributed by atoms with Crippen LogP contribution in [0.2, 0.25) is 0 Å². The molecule has 0 aromatic heterocycles. The summed E-state index contributed by atoms with van der Waals surface area (Å²) in [6, 6.07) is 0. The van der Waals surface area contributed by atoms with Crippen molar-refractivity contribution in [2.75, 3.05) is 13.2 Å². The molecule has 2 unspecified atom stereocenters. The summed E-state index contributed by atoms with van der Waals surface area (Å²) in [6.45, 7) is 17.3. The van der Waals surface area contributed by atoms with E-state index >= 15 is 0 Å². The molecule has 4 nitrogen and oxygen atoms in total. The number of hydrogen-bond donors (Lipinski definition) is 0.